The van der Waals surface area contributed by atoms with Gasteiger partial charge in [-0.25, -0.2) is 0 Å². The van der Waals surface area contributed by atoms with Crippen molar-refractivity contribution in [2.24, 2.45) is 0 Å². The summed E-state index contributed by atoms with van der Waals surface area (Å²) in [6.07, 6.45) is -66.3. The summed E-state index contributed by atoms with van der Waals surface area (Å²) in [5.41, 5.74) is 0. The van der Waals surface area contributed by atoms with E-state index in [9.17, 15) is 122 Å². The first-order chi connectivity index (χ1) is 38.2. The molecule has 6 aliphatic heterocycles. The topological polar surface area (TPSA) is 605 Å². The zero-order valence-corrected chi connectivity index (χ0v) is 42.9. The Morgan fingerprint density at radius 2 is 0.704 bits per heavy atom. The second-order valence-electron chi connectivity index (χ2n) is 20.2. The lowest BCUT2D eigenvalue weighted by Crippen LogP contribution is -2.67. The summed E-state index contributed by atoms with van der Waals surface area (Å²) in [4.78, 5) is 11.9. The molecule has 37 heteroatoms. The van der Waals surface area contributed by atoms with Gasteiger partial charge in [0.05, 0.1) is 58.9 Å². The van der Waals surface area contributed by atoms with E-state index in [1.54, 1.807) is 0 Å². The van der Waals surface area contributed by atoms with E-state index in [2.05, 4.69) is 5.32 Å². The van der Waals surface area contributed by atoms with Gasteiger partial charge in [-0.15, -0.1) is 0 Å². The van der Waals surface area contributed by atoms with Crippen molar-refractivity contribution in [3.63, 3.8) is 0 Å². The predicted molar refractivity (Wildman–Crippen MR) is 246 cm³/mol. The maximum atomic E-state index is 11.9. The molecule has 0 saturated carbocycles. The van der Waals surface area contributed by atoms with Crippen molar-refractivity contribution in [1.82, 2.24) is 5.32 Å². The van der Waals surface area contributed by atoms with Crippen molar-refractivity contribution in [1.29, 1.82) is 0 Å². The highest BCUT2D eigenvalue weighted by Crippen LogP contribution is 2.35. The number of carbonyl (C=O) groups excluding carboxylic acids is 1. The summed E-state index contributed by atoms with van der Waals surface area (Å²) < 4.78 is 67.5. The number of hydrogen-bond acceptors (Lipinski definition) is 36. The SMILES string of the molecule is CC(=O)N[C@@H](CO)[C@@H](O)[C@H](O[C@@H]1O[C@H](CO[C@H]2O[C@H](CO[C@H]3O[C@H](CO[C@H]4O[C@H](CO)[C@@H](O)[C@H](O)[C@@H]4O)[C@@H](O)[C@H](O)[C@@H]3O)[C@@H](O)[C@H](O[C@H]3O[C@H](CO)[C@@H](O)[C@H](O)[C@@H]3O)[C@@H]2O)[C@@H](O)[C@H](O[C@H]2O[C@H](CO)[C@@H](O)[C@H](O)[C@@H]2O)[C@@H]1O)[C@H](O)CO. The van der Waals surface area contributed by atoms with Gasteiger partial charge in [0, 0.05) is 6.92 Å². The van der Waals surface area contributed by atoms with Gasteiger partial charge in [-0.05, 0) is 0 Å². The smallest absolute Gasteiger partial charge is 0.217 e. The minimum atomic E-state index is -2.34. The van der Waals surface area contributed by atoms with Gasteiger partial charge >= 0.3 is 0 Å². The largest absolute Gasteiger partial charge is 0.394 e. The fourth-order valence-corrected chi connectivity index (χ4v) is 9.67. The van der Waals surface area contributed by atoms with Crippen molar-refractivity contribution in [3.05, 3.63) is 0 Å². The van der Waals surface area contributed by atoms with Crippen molar-refractivity contribution in [2.45, 2.75) is 216 Å². The van der Waals surface area contributed by atoms with Gasteiger partial charge in [0.2, 0.25) is 5.91 Å². The van der Waals surface area contributed by atoms with Crippen molar-refractivity contribution in [3.8, 4) is 0 Å². The van der Waals surface area contributed by atoms with Crippen LogP contribution in [0.15, 0.2) is 0 Å². The summed E-state index contributed by atoms with van der Waals surface area (Å²) in [6, 6.07) is -1.62. The molecular weight excluding hydrogens is 1120 g/mol. The lowest BCUT2D eigenvalue weighted by atomic mass is 9.96. The van der Waals surface area contributed by atoms with Crippen LogP contribution in [0.25, 0.3) is 0 Å². The molecule has 0 radical (unpaired) electrons. The molecule has 34 atom stereocenters. The molecule has 0 aromatic heterocycles. The molecule has 6 fully saturated rings. The molecule has 37 nitrogen and oxygen atoms in total. The van der Waals surface area contributed by atoms with E-state index in [0.29, 0.717) is 0 Å². The van der Waals surface area contributed by atoms with Gasteiger partial charge in [0.1, 0.15) is 165 Å². The summed E-state index contributed by atoms with van der Waals surface area (Å²) >= 11 is 0. The maximum Gasteiger partial charge on any atom is 0.217 e. The Balaban J connectivity index is 1.26. The number of hydrogen-bond donors (Lipinski definition) is 24. The van der Waals surface area contributed by atoms with E-state index in [4.69, 9.17) is 56.8 Å². The van der Waals surface area contributed by atoms with Crippen LogP contribution in [0.2, 0.25) is 0 Å². The van der Waals surface area contributed by atoms with Crippen LogP contribution in [-0.4, -0.2) is 385 Å². The van der Waals surface area contributed by atoms with E-state index < -0.39 is 267 Å². The Morgan fingerprint density at radius 1 is 0.395 bits per heavy atom. The monoisotopic (exact) mass is 1200 g/mol. The Labute approximate surface area is 458 Å². The highest BCUT2D eigenvalue weighted by atomic mass is 16.8. The van der Waals surface area contributed by atoms with E-state index >= 15 is 0 Å². The summed E-state index contributed by atoms with van der Waals surface area (Å²) in [6.45, 7) is -6.84. The van der Waals surface area contributed by atoms with Crippen LogP contribution in [0.1, 0.15) is 6.92 Å². The third-order valence-corrected chi connectivity index (χ3v) is 14.5. The standard InChI is InChI=1S/C44H77NO36/c1-10(51)45-11(2-46)19(53)36(12(52)3-47)79-44-35(69)38(81-43-33(67)28(62)22(56)15(6-50)75-43)25(59)18(78-44)9-72-41-34(68)37(80-42-32(66)27(61)21(55)14(5-49)74-42)24(58)17(77-41)8-71-40-31(65)29(63)23(57)16(76-40)7-70-39-30(64)26(60)20(54)13(4-48)73-39/h11-44,46-50,52-69H,2-9H2,1H3,(H,45,51)/t11-,12+,13+,14+,15+,16+,17+,18+,19+,20+,21+,22+,23+,24+,25+,26-,27-,28-,29-,30-,31-,32-,33-,34-,35-,36+,37-,38-,39-,40-,41-,42+,43+,44-/m0/s1. The first-order valence-corrected chi connectivity index (χ1v) is 25.6. The minimum absolute atomic E-state index is 0.799. The Kier molecular flexibility index (Phi) is 25.4. The molecule has 0 aromatic rings. The first-order valence-electron chi connectivity index (χ1n) is 25.6. The quantitative estimate of drug-likeness (QED) is 0.0427. The van der Waals surface area contributed by atoms with Crippen LogP contribution in [-0.2, 0) is 61.6 Å². The van der Waals surface area contributed by atoms with Gasteiger partial charge in [0.25, 0.3) is 0 Å². The number of ether oxygens (including phenoxy) is 12. The van der Waals surface area contributed by atoms with Crippen molar-refractivity contribution >= 4 is 5.91 Å². The zero-order chi connectivity index (χ0) is 60.1. The molecule has 24 N–H and O–H groups in total. The molecule has 0 unspecified atom stereocenters. The average molecular weight is 1200 g/mol. The number of carbonyl (C=O) groups is 1. The van der Waals surface area contributed by atoms with Crippen LogP contribution in [0.5, 0.6) is 0 Å². The molecule has 0 aliphatic carbocycles. The Morgan fingerprint density at radius 3 is 1.06 bits per heavy atom. The lowest BCUT2D eigenvalue weighted by Gasteiger charge is -2.48. The van der Waals surface area contributed by atoms with E-state index in [1.165, 1.54) is 0 Å². The van der Waals surface area contributed by atoms with E-state index in [0.717, 1.165) is 6.92 Å². The van der Waals surface area contributed by atoms with Gasteiger partial charge in [-0.3, -0.25) is 4.79 Å². The minimum Gasteiger partial charge on any atom is -0.394 e. The molecule has 474 valence electrons. The third kappa shape index (κ3) is 15.4. The first kappa shape index (κ1) is 68.2. The molecule has 1 amide bonds. The molecular formula is C44H77NO36. The van der Waals surface area contributed by atoms with E-state index in [1.807, 2.05) is 0 Å². The molecule has 0 bridgehead atoms. The fourth-order valence-electron chi connectivity index (χ4n) is 9.67. The molecule has 6 heterocycles. The van der Waals surface area contributed by atoms with E-state index in [-0.39, 0.29) is 0 Å². The van der Waals surface area contributed by atoms with Crippen LogP contribution in [0.3, 0.4) is 0 Å². The van der Waals surface area contributed by atoms with Crippen LogP contribution in [0.4, 0.5) is 0 Å². The zero-order valence-electron chi connectivity index (χ0n) is 42.9. The third-order valence-electron chi connectivity index (χ3n) is 14.5. The molecule has 6 aliphatic rings. The van der Waals surface area contributed by atoms with Crippen LogP contribution >= 0.6 is 0 Å². The summed E-state index contributed by atoms with van der Waals surface area (Å²) in [5, 5.41) is 247. The maximum absolute atomic E-state index is 11.9. The predicted octanol–water partition coefficient (Wildman–Crippen LogP) is -16.5. The van der Waals surface area contributed by atoms with Gasteiger partial charge in [0.15, 0.2) is 37.7 Å². The fraction of sp³-hybridized carbons (Fsp3) is 0.977. The number of aliphatic hydroxyl groups excluding tert-OH is 23. The highest BCUT2D eigenvalue weighted by molar-refractivity contribution is 5.73. The lowest BCUT2D eigenvalue weighted by molar-refractivity contribution is -0.381. The molecule has 6 rings (SSSR count). The average Bonchev–Trinajstić information content (AvgIpc) is 3.48. The van der Waals surface area contributed by atoms with Gasteiger partial charge in [-0.2, -0.15) is 0 Å². The number of aliphatic hydroxyl groups is 23. The van der Waals surface area contributed by atoms with Crippen molar-refractivity contribution in [2.75, 3.05) is 52.9 Å². The molecule has 81 heavy (non-hydrogen) atoms. The van der Waals surface area contributed by atoms with Crippen molar-refractivity contribution < 1.29 is 179 Å². The Hall–Kier alpha value is -1.93. The highest BCUT2D eigenvalue weighted by Gasteiger charge is 2.56. The summed E-state index contributed by atoms with van der Waals surface area (Å²) in [5.74, 6) is -0.799. The summed E-state index contributed by atoms with van der Waals surface area (Å²) in [7, 11) is 0. The number of nitrogens with one attached hydrogen (secondary N) is 1. The molecule has 0 spiro atoms. The Bertz CT molecular complexity index is 1890. The van der Waals surface area contributed by atoms with Crippen LogP contribution in [0, 0.1) is 0 Å². The second-order valence-corrected chi connectivity index (χ2v) is 20.2. The number of rotatable bonds is 24. The second kappa shape index (κ2) is 30.1. The van der Waals surface area contributed by atoms with Gasteiger partial charge < -0.3 is 180 Å². The number of amides is 1. The van der Waals surface area contributed by atoms with Crippen LogP contribution < -0.4 is 5.32 Å². The van der Waals surface area contributed by atoms with Gasteiger partial charge in [-0.1, -0.05) is 0 Å². The molecule has 0 aromatic carbocycles. The molecule has 6 saturated heterocycles. The normalized spacial score (nSPS) is 47.8.